The van der Waals surface area contributed by atoms with Crippen molar-refractivity contribution in [2.45, 2.75) is 51.0 Å². The number of amides is 3. The van der Waals surface area contributed by atoms with Crippen LogP contribution in [0.15, 0.2) is 40.8 Å². The van der Waals surface area contributed by atoms with Crippen molar-refractivity contribution in [1.82, 2.24) is 4.90 Å². The summed E-state index contributed by atoms with van der Waals surface area (Å²) in [5, 5.41) is 9.25. The second kappa shape index (κ2) is 9.78. The predicted octanol–water partition coefficient (Wildman–Crippen LogP) is 4.40. The second-order valence-corrected chi connectivity index (χ2v) is 8.27. The zero-order valence-corrected chi connectivity index (χ0v) is 17.7. The Labute approximate surface area is 170 Å². The first kappa shape index (κ1) is 22.0. The Morgan fingerprint density at radius 1 is 1.32 bits per heavy atom. The third-order valence-electron chi connectivity index (χ3n) is 4.72. The summed E-state index contributed by atoms with van der Waals surface area (Å²) in [5.41, 5.74) is 1.72. The molecule has 0 radical (unpaired) electrons. The zero-order chi connectivity index (χ0) is 20.8. The Morgan fingerprint density at radius 3 is 2.64 bits per heavy atom. The van der Waals surface area contributed by atoms with Gasteiger partial charge in [-0.2, -0.15) is 0 Å². The van der Waals surface area contributed by atoms with Crippen LogP contribution in [0.1, 0.15) is 40.0 Å². The quantitative estimate of drug-likeness (QED) is 0.375. The van der Waals surface area contributed by atoms with Crippen LogP contribution in [0, 0.1) is 5.92 Å². The monoisotopic (exact) mass is 404 g/mol. The topological polar surface area (TPSA) is 77.9 Å². The van der Waals surface area contributed by atoms with Crippen LogP contribution in [0.5, 0.6) is 0 Å². The molecule has 1 aliphatic heterocycles. The van der Waals surface area contributed by atoms with Gasteiger partial charge in [-0.15, -0.1) is 11.8 Å². The average Bonchev–Trinajstić information content (AvgIpc) is 2.85. The minimum Gasteiger partial charge on any atom is -0.481 e. The van der Waals surface area contributed by atoms with Crippen LogP contribution in [0.2, 0.25) is 0 Å². The van der Waals surface area contributed by atoms with Gasteiger partial charge >= 0.3 is 12.0 Å². The van der Waals surface area contributed by atoms with Crippen molar-refractivity contribution < 1.29 is 19.5 Å². The fourth-order valence-electron chi connectivity index (χ4n) is 3.28. The molecule has 0 bridgehead atoms. The van der Waals surface area contributed by atoms with E-state index in [1.165, 1.54) is 22.2 Å². The number of carbonyl (C=O) groups is 3. The summed E-state index contributed by atoms with van der Waals surface area (Å²) in [6, 6.07) is 5.77. The van der Waals surface area contributed by atoms with Gasteiger partial charge in [-0.05, 0) is 57.1 Å². The van der Waals surface area contributed by atoms with Crippen LogP contribution < -0.4 is 4.90 Å². The third-order valence-corrected chi connectivity index (χ3v) is 5.44. The molecule has 1 heterocycles. The number of aliphatic carboxylic acids is 1. The van der Waals surface area contributed by atoms with Gasteiger partial charge in [0, 0.05) is 11.4 Å². The van der Waals surface area contributed by atoms with E-state index in [0.717, 1.165) is 22.6 Å². The summed E-state index contributed by atoms with van der Waals surface area (Å²) in [6.45, 7) is 6.46. The van der Waals surface area contributed by atoms with E-state index in [1.807, 2.05) is 33.1 Å². The fraction of sp³-hybridized carbons (Fsp3) is 0.476. The van der Waals surface area contributed by atoms with Gasteiger partial charge in [-0.1, -0.05) is 24.6 Å². The van der Waals surface area contributed by atoms with Crippen molar-refractivity contribution in [2.24, 2.45) is 5.92 Å². The normalized spacial score (nSPS) is 17.8. The van der Waals surface area contributed by atoms with E-state index in [4.69, 9.17) is 0 Å². The van der Waals surface area contributed by atoms with Gasteiger partial charge in [0.05, 0.1) is 12.1 Å². The molecule has 1 N–H and O–H groups in total. The molecule has 0 saturated carbocycles. The number of allylic oxidation sites excluding steroid dienone is 2. The summed E-state index contributed by atoms with van der Waals surface area (Å²) in [4.78, 5) is 40.8. The molecule has 1 aromatic carbocycles. The molecular weight excluding hydrogens is 376 g/mol. The number of rotatable bonds is 9. The van der Waals surface area contributed by atoms with Gasteiger partial charge in [0.2, 0.25) is 0 Å². The summed E-state index contributed by atoms with van der Waals surface area (Å²) < 4.78 is 0. The number of thioether (sulfide) groups is 1. The zero-order valence-electron chi connectivity index (χ0n) is 16.8. The van der Waals surface area contributed by atoms with Gasteiger partial charge in [-0.3, -0.25) is 9.59 Å². The van der Waals surface area contributed by atoms with Crippen molar-refractivity contribution in [1.29, 1.82) is 0 Å². The number of hydrogen-bond acceptors (Lipinski definition) is 4. The van der Waals surface area contributed by atoms with Crippen LogP contribution in [-0.2, 0) is 9.59 Å². The summed E-state index contributed by atoms with van der Waals surface area (Å²) in [7, 11) is 0. The number of benzene rings is 1. The second-order valence-electron chi connectivity index (χ2n) is 7.39. The van der Waals surface area contributed by atoms with Crippen LogP contribution in [0.3, 0.4) is 0 Å². The fourth-order valence-corrected chi connectivity index (χ4v) is 3.73. The molecule has 1 fully saturated rings. The lowest BCUT2D eigenvalue weighted by atomic mass is 10.0. The summed E-state index contributed by atoms with van der Waals surface area (Å²) in [6.07, 6.45) is 5.43. The molecule has 0 aromatic heterocycles. The number of carboxylic acids is 1. The minimum atomic E-state index is -1.09. The highest BCUT2D eigenvalue weighted by Gasteiger charge is 2.47. The van der Waals surface area contributed by atoms with E-state index < -0.39 is 23.9 Å². The van der Waals surface area contributed by atoms with E-state index in [1.54, 1.807) is 18.2 Å². The smallest absolute Gasteiger partial charge is 0.332 e. The van der Waals surface area contributed by atoms with Crippen LogP contribution in [0.25, 0.3) is 0 Å². The number of carbonyl (C=O) groups excluding carboxylic acids is 2. The lowest BCUT2D eigenvalue weighted by Gasteiger charge is -2.24. The largest absolute Gasteiger partial charge is 0.481 e. The molecular formula is C21H28N2O4S. The number of nitrogens with zero attached hydrogens (tertiary/aromatic N) is 2. The molecule has 7 heteroatoms. The molecule has 2 atom stereocenters. The molecule has 1 unspecified atom stereocenters. The van der Waals surface area contributed by atoms with Gasteiger partial charge in [0.15, 0.2) is 0 Å². The maximum Gasteiger partial charge on any atom is 0.332 e. The Morgan fingerprint density at radius 2 is 2.04 bits per heavy atom. The maximum absolute atomic E-state index is 13.0. The van der Waals surface area contributed by atoms with E-state index in [-0.39, 0.29) is 12.3 Å². The van der Waals surface area contributed by atoms with Crippen LogP contribution >= 0.6 is 11.8 Å². The average molecular weight is 405 g/mol. The number of anilines is 1. The Hall–Kier alpha value is -2.28. The Bertz CT molecular complexity index is 773. The highest BCUT2D eigenvalue weighted by atomic mass is 32.2. The van der Waals surface area contributed by atoms with Gasteiger partial charge in [0.1, 0.15) is 6.04 Å². The molecule has 1 saturated heterocycles. The number of urea groups is 1. The van der Waals surface area contributed by atoms with E-state index >= 15 is 0 Å². The highest BCUT2D eigenvalue weighted by molar-refractivity contribution is 7.98. The van der Waals surface area contributed by atoms with Gasteiger partial charge in [0.25, 0.3) is 5.91 Å². The molecule has 152 valence electrons. The standard InChI is InChI=1S/C21H28N2O4S/c1-14(2)7-5-8-15(3)13-22-18(12-19(24)25)20(26)23(21(22)27)16-9-6-10-17(11-16)28-4/h6-7,9-11,15,18H,5,8,12-13H2,1-4H3,(H,24,25)/t15?,18-/m0/s1. The first-order valence-corrected chi connectivity index (χ1v) is 10.6. The molecule has 1 aromatic rings. The number of imide groups is 1. The minimum absolute atomic E-state index is 0.154. The number of hydrogen-bond donors (Lipinski definition) is 1. The first-order chi connectivity index (χ1) is 13.2. The summed E-state index contributed by atoms with van der Waals surface area (Å²) >= 11 is 1.52. The molecule has 28 heavy (non-hydrogen) atoms. The third kappa shape index (κ3) is 5.38. The maximum atomic E-state index is 13.0. The lowest BCUT2D eigenvalue weighted by Crippen LogP contribution is -2.39. The van der Waals surface area contributed by atoms with Crippen LogP contribution in [0.4, 0.5) is 10.5 Å². The van der Waals surface area contributed by atoms with Crippen LogP contribution in [-0.4, -0.2) is 46.8 Å². The molecule has 2 rings (SSSR count). The lowest BCUT2D eigenvalue weighted by molar-refractivity contribution is -0.140. The summed E-state index contributed by atoms with van der Waals surface area (Å²) in [5.74, 6) is -1.41. The van der Waals surface area contributed by atoms with Crippen molar-refractivity contribution in [3.05, 3.63) is 35.9 Å². The molecule has 3 amide bonds. The number of carboxylic acid groups (broad SMARTS) is 1. The molecule has 6 nitrogen and oxygen atoms in total. The first-order valence-electron chi connectivity index (χ1n) is 9.38. The SMILES string of the molecule is CSc1cccc(N2C(=O)[C@H](CC(=O)O)N(CC(C)CCC=C(C)C)C2=O)c1. The molecule has 0 spiro atoms. The van der Waals surface area contributed by atoms with Crippen molar-refractivity contribution >= 4 is 35.4 Å². The van der Waals surface area contributed by atoms with E-state index in [2.05, 4.69) is 6.08 Å². The molecule has 1 aliphatic rings. The van der Waals surface area contributed by atoms with E-state index in [0.29, 0.717) is 12.2 Å². The predicted molar refractivity (Wildman–Crippen MR) is 112 cm³/mol. The van der Waals surface area contributed by atoms with E-state index in [9.17, 15) is 19.5 Å². The van der Waals surface area contributed by atoms with Gasteiger partial charge < -0.3 is 10.0 Å². The highest BCUT2D eigenvalue weighted by Crippen LogP contribution is 2.30. The van der Waals surface area contributed by atoms with Crippen molar-refractivity contribution in [2.75, 3.05) is 17.7 Å². The van der Waals surface area contributed by atoms with Crippen molar-refractivity contribution in [3.8, 4) is 0 Å². The molecule has 0 aliphatic carbocycles. The Kier molecular flexibility index (Phi) is 7.69. The van der Waals surface area contributed by atoms with Crippen molar-refractivity contribution in [3.63, 3.8) is 0 Å². The van der Waals surface area contributed by atoms with Gasteiger partial charge in [-0.25, -0.2) is 9.69 Å². The Balaban J connectivity index is 2.24.